The summed E-state index contributed by atoms with van der Waals surface area (Å²) in [5, 5.41) is 17.6. The van der Waals surface area contributed by atoms with Gasteiger partial charge in [-0.1, -0.05) is 57.6 Å². The molecule has 32 heavy (non-hydrogen) atoms. The first-order chi connectivity index (χ1) is 15.6. The number of anilines is 1. The van der Waals surface area contributed by atoms with Crippen LogP contribution in [-0.2, 0) is 4.79 Å². The fourth-order valence-corrected chi connectivity index (χ4v) is 4.87. The van der Waals surface area contributed by atoms with E-state index in [1.165, 1.54) is 16.9 Å². The standard InChI is InChI=1S/C22H20BrN7OS/c1-12-18(20(31)29-22-30-24-11-32-22)19(14-7-3-4-8-15(14)23)28-21(25-12)27-17-10-13-6-2-5-9-16(13)26-17/h3-4,6-9,11,19H,2,5,10H2,1H3,(H,29,30,31)(H2,25,26,27,28). The van der Waals surface area contributed by atoms with E-state index in [9.17, 15) is 4.79 Å². The second-order valence-corrected chi connectivity index (χ2v) is 9.21. The van der Waals surface area contributed by atoms with Crippen LogP contribution in [0.1, 0.15) is 37.8 Å². The predicted molar refractivity (Wildman–Crippen MR) is 129 cm³/mol. The Hall–Kier alpha value is -3.11. The summed E-state index contributed by atoms with van der Waals surface area (Å²) in [6.45, 7) is 1.86. The Labute approximate surface area is 197 Å². The van der Waals surface area contributed by atoms with E-state index in [4.69, 9.17) is 9.98 Å². The highest BCUT2D eigenvalue weighted by atomic mass is 79.9. The number of guanidine groups is 1. The fourth-order valence-electron chi connectivity index (χ4n) is 3.92. The van der Waals surface area contributed by atoms with E-state index in [2.05, 4.69) is 54.2 Å². The molecule has 1 aromatic heterocycles. The number of aliphatic imine (C=N–C) groups is 2. The smallest absolute Gasteiger partial charge is 0.257 e. The number of benzene rings is 1. The Balaban J connectivity index is 1.49. The van der Waals surface area contributed by atoms with Crippen molar-refractivity contribution in [2.24, 2.45) is 9.98 Å². The first-order valence-corrected chi connectivity index (χ1v) is 11.9. The summed E-state index contributed by atoms with van der Waals surface area (Å²) in [4.78, 5) is 22.8. The molecule has 3 aliphatic rings. The summed E-state index contributed by atoms with van der Waals surface area (Å²) in [7, 11) is 0. The van der Waals surface area contributed by atoms with Gasteiger partial charge in [0.05, 0.1) is 5.57 Å². The molecule has 5 rings (SSSR count). The van der Waals surface area contributed by atoms with Gasteiger partial charge in [0.25, 0.3) is 5.91 Å². The van der Waals surface area contributed by atoms with Crippen molar-refractivity contribution < 1.29 is 4.79 Å². The van der Waals surface area contributed by atoms with Gasteiger partial charge in [0, 0.05) is 22.3 Å². The molecule has 1 unspecified atom stereocenters. The Morgan fingerprint density at radius 2 is 2.09 bits per heavy atom. The summed E-state index contributed by atoms with van der Waals surface area (Å²) in [6.07, 6.45) is 7.31. The SMILES string of the molecule is CC1=C(C(=O)Nc2nncs2)C(c2ccccc2Br)N=C(/N=C2/CC3=CCCC=C3N2)N1. The molecule has 0 saturated carbocycles. The lowest BCUT2D eigenvalue weighted by atomic mass is 9.96. The van der Waals surface area contributed by atoms with Crippen molar-refractivity contribution in [3.63, 3.8) is 0 Å². The van der Waals surface area contributed by atoms with Crippen molar-refractivity contribution >= 4 is 50.1 Å². The molecular formula is C22H20BrN7OS. The van der Waals surface area contributed by atoms with Crippen LogP contribution in [0.2, 0.25) is 0 Å². The molecule has 0 bridgehead atoms. The molecule has 1 fully saturated rings. The average Bonchev–Trinajstić information content (AvgIpc) is 3.42. The first-order valence-electron chi connectivity index (χ1n) is 10.2. The summed E-state index contributed by atoms with van der Waals surface area (Å²) in [5.74, 6) is 1.04. The molecule has 1 aliphatic carbocycles. The number of carbonyl (C=O) groups excluding carboxylic acids is 1. The van der Waals surface area contributed by atoms with Crippen molar-refractivity contribution in [3.05, 3.63) is 74.5 Å². The number of aromatic nitrogens is 2. The van der Waals surface area contributed by atoms with Gasteiger partial charge in [-0.25, -0.2) is 4.99 Å². The van der Waals surface area contributed by atoms with Gasteiger partial charge < -0.3 is 10.6 Å². The van der Waals surface area contributed by atoms with Crippen LogP contribution in [0.15, 0.2) is 78.9 Å². The highest BCUT2D eigenvalue weighted by molar-refractivity contribution is 9.10. The molecule has 1 amide bonds. The Morgan fingerprint density at radius 3 is 2.88 bits per heavy atom. The van der Waals surface area contributed by atoms with Gasteiger partial charge in [0.2, 0.25) is 11.1 Å². The highest BCUT2D eigenvalue weighted by Gasteiger charge is 2.31. The maximum absolute atomic E-state index is 13.2. The molecule has 1 aromatic carbocycles. The summed E-state index contributed by atoms with van der Waals surface area (Å²) >= 11 is 4.88. The van der Waals surface area contributed by atoms with Gasteiger partial charge in [-0.2, -0.15) is 4.99 Å². The van der Waals surface area contributed by atoms with Crippen molar-refractivity contribution in [2.45, 2.75) is 32.2 Å². The number of fused-ring (bicyclic) bond motifs is 1. The van der Waals surface area contributed by atoms with Gasteiger partial charge >= 0.3 is 0 Å². The van der Waals surface area contributed by atoms with Crippen LogP contribution in [0.3, 0.4) is 0 Å². The van der Waals surface area contributed by atoms with Gasteiger partial charge in [-0.15, -0.1) is 10.2 Å². The highest BCUT2D eigenvalue weighted by Crippen LogP contribution is 2.36. The molecule has 3 N–H and O–H groups in total. The van der Waals surface area contributed by atoms with Crippen molar-refractivity contribution in [1.29, 1.82) is 0 Å². The maximum Gasteiger partial charge on any atom is 0.257 e. The number of halogens is 1. The van der Waals surface area contributed by atoms with Crippen LogP contribution in [-0.4, -0.2) is 27.9 Å². The molecule has 1 saturated heterocycles. The van der Waals surface area contributed by atoms with E-state index in [0.29, 0.717) is 22.4 Å². The minimum Gasteiger partial charge on any atom is -0.343 e. The molecule has 1 atom stereocenters. The second kappa shape index (κ2) is 8.79. The lowest BCUT2D eigenvalue weighted by Crippen LogP contribution is -2.33. The van der Waals surface area contributed by atoms with Gasteiger partial charge in [0.15, 0.2) is 0 Å². The Morgan fingerprint density at radius 1 is 1.25 bits per heavy atom. The van der Waals surface area contributed by atoms with E-state index in [-0.39, 0.29) is 5.91 Å². The Kier molecular flexibility index (Phi) is 5.71. The lowest BCUT2D eigenvalue weighted by molar-refractivity contribution is -0.113. The topological polar surface area (TPSA) is 104 Å². The summed E-state index contributed by atoms with van der Waals surface area (Å²) in [5.41, 5.74) is 6.07. The molecule has 162 valence electrons. The van der Waals surface area contributed by atoms with Gasteiger partial charge in [-0.3, -0.25) is 10.1 Å². The molecule has 10 heteroatoms. The Bertz CT molecular complexity index is 1200. The third-order valence-electron chi connectivity index (χ3n) is 5.38. The minimum absolute atomic E-state index is 0.275. The third kappa shape index (κ3) is 4.15. The zero-order valence-electron chi connectivity index (χ0n) is 17.2. The number of carbonyl (C=O) groups is 1. The van der Waals surface area contributed by atoms with E-state index in [0.717, 1.165) is 40.8 Å². The van der Waals surface area contributed by atoms with Crippen molar-refractivity contribution in [3.8, 4) is 0 Å². The molecule has 8 nitrogen and oxygen atoms in total. The third-order valence-corrected chi connectivity index (χ3v) is 6.71. The van der Waals surface area contributed by atoms with E-state index < -0.39 is 6.04 Å². The van der Waals surface area contributed by atoms with Gasteiger partial charge in [0.1, 0.15) is 17.4 Å². The molecular weight excluding hydrogens is 490 g/mol. The summed E-state index contributed by atoms with van der Waals surface area (Å²) < 4.78 is 0.872. The average molecular weight is 510 g/mol. The van der Waals surface area contributed by atoms with Crippen LogP contribution < -0.4 is 16.0 Å². The predicted octanol–water partition coefficient (Wildman–Crippen LogP) is 4.21. The number of nitrogens with one attached hydrogen (secondary N) is 3. The minimum atomic E-state index is -0.527. The van der Waals surface area contributed by atoms with Gasteiger partial charge in [-0.05, 0) is 37.0 Å². The quantitative estimate of drug-likeness (QED) is 0.574. The normalized spacial score (nSPS) is 21.2. The second-order valence-electron chi connectivity index (χ2n) is 7.52. The van der Waals surface area contributed by atoms with Crippen LogP contribution in [0, 0.1) is 0 Å². The first kappa shape index (κ1) is 20.8. The zero-order valence-corrected chi connectivity index (χ0v) is 19.6. The molecule has 0 radical (unpaired) electrons. The number of hydrogen-bond donors (Lipinski definition) is 3. The lowest BCUT2D eigenvalue weighted by Gasteiger charge is -2.25. The maximum atomic E-state index is 13.2. The number of allylic oxidation sites excluding steroid dienone is 4. The molecule has 0 spiro atoms. The van der Waals surface area contributed by atoms with Crippen LogP contribution in [0.25, 0.3) is 0 Å². The number of rotatable bonds is 3. The van der Waals surface area contributed by atoms with Crippen LogP contribution in [0.5, 0.6) is 0 Å². The largest absolute Gasteiger partial charge is 0.343 e. The van der Waals surface area contributed by atoms with E-state index >= 15 is 0 Å². The van der Waals surface area contributed by atoms with Crippen LogP contribution in [0.4, 0.5) is 5.13 Å². The monoisotopic (exact) mass is 509 g/mol. The number of nitrogens with zero attached hydrogens (tertiary/aromatic N) is 4. The molecule has 2 aromatic rings. The molecule has 2 aliphatic heterocycles. The van der Waals surface area contributed by atoms with E-state index in [1.54, 1.807) is 5.51 Å². The fraction of sp³-hybridized carbons (Fsp3) is 0.227. The van der Waals surface area contributed by atoms with E-state index in [1.807, 2.05) is 31.2 Å². The number of amidine groups is 1. The summed E-state index contributed by atoms with van der Waals surface area (Å²) in [6, 6.07) is 7.23. The van der Waals surface area contributed by atoms with Crippen LogP contribution >= 0.6 is 27.3 Å². The molecule has 3 heterocycles. The number of hydrogen-bond acceptors (Lipinski definition) is 7. The zero-order chi connectivity index (χ0) is 22.1. The van der Waals surface area contributed by atoms with Crippen molar-refractivity contribution in [1.82, 2.24) is 20.8 Å². The van der Waals surface area contributed by atoms with Crippen molar-refractivity contribution in [2.75, 3.05) is 5.32 Å². The number of amides is 1.